The number of aryl methyl sites for hydroxylation is 1. The van der Waals surface area contributed by atoms with Gasteiger partial charge in [0.25, 0.3) is 0 Å². The number of nitrogens with zero attached hydrogens (tertiary/aromatic N) is 4. The van der Waals surface area contributed by atoms with Gasteiger partial charge in [0, 0.05) is 54.2 Å². The van der Waals surface area contributed by atoms with Crippen molar-refractivity contribution in [3.8, 4) is 23.0 Å². The molecule has 2 aromatic heterocycles. The molecule has 2 aliphatic heterocycles. The molecular weight excluding hydrogens is 1030 g/mol. The molecule has 6 aromatic rings. The third kappa shape index (κ3) is 14.2. The number of esters is 1. The number of ether oxygens (including phenoxy) is 5. The van der Waals surface area contributed by atoms with Gasteiger partial charge in [0.05, 0.1) is 36.2 Å². The molecular formula is C61H63N4O11S2+. The van der Waals surface area contributed by atoms with Crippen LogP contribution in [-0.4, -0.2) is 81.4 Å². The number of hydrogen-bond donors (Lipinski definition) is 0. The molecule has 2 atom stereocenters. The van der Waals surface area contributed by atoms with E-state index in [2.05, 4.69) is 10.1 Å². The number of ketones is 3. The zero-order valence-corrected chi connectivity index (χ0v) is 46.8. The van der Waals surface area contributed by atoms with Crippen LogP contribution in [0.4, 0.5) is 0 Å². The van der Waals surface area contributed by atoms with Crippen LogP contribution in [0.25, 0.3) is 6.08 Å². The van der Waals surface area contributed by atoms with Gasteiger partial charge in [-0.3, -0.25) is 24.1 Å². The second kappa shape index (κ2) is 24.6. The normalized spacial score (nSPS) is 15.6. The van der Waals surface area contributed by atoms with Crippen molar-refractivity contribution in [1.29, 1.82) is 0 Å². The molecule has 2 aliphatic rings. The van der Waals surface area contributed by atoms with E-state index in [9.17, 15) is 24.0 Å². The van der Waals surface area contributed by atoms with Crippen molar-refractivity contribution in [3.63, 3.8) is 0 Å². The van der Waals surface area contributed by atoms with E-state index in [1.54, 1.807) is 65.5 Å². The molecule has 0 bridgehead atoms. The molecule has 0 N–H and O–H groups in total. The Labute approximate surface area is 462 Å². The summed E-state index contributed by atoms with van der Waals surface area (Å²) in [5.41, 5.74) is 4.14. The Morgan fingerprint density at radius 3 is 1.97 bits per heavy atom. The van der Waals surface area contributed by atoms with Crippen LogP contribution in [0.1, 0.15) is 96.8 Å². The van der Waals surface area contributed by atoms with E-state index in [-0.39, 0.29) is 48.3 Å². The predicted octanol–water partition coefficient (Wildman–Crippen LogP) is 10.3. The average Bonchev–Trinajstić information content (AvgIpc) is 4.02. The number of allylic oxidation sites excluding steroid dienone is 2. The molecule has 15 nitrogen and oxygen atoms in total. The maximum Gasteiger partial charge on any atom is 0.353 e. The number of rotatable bonds is 23. The monoisotopic (exact) mass is 1090 g/mol. The summed E-state index contributed by atoms with van der Waals surface area (Å²) in [7, 11) is 3.24. The minimum absolute atomic E-state index is 0.0638. The number of aromatic nitrogens is 2. The summed E-state index contributed by atoms with van der Waals surface area (Å²) in [6.45, 7) is 12.6. The van der Waals surface area contributed by atoms with Crippen LogP contribution in [-0.2, 0) is 54.9 Å². The standard InChI is InChI=1S/C61H63N4O11S2/c1-38(66)56-46(36-78-58-49(57(69)65(56)58)32-52(68)55(50-37-77-39(2)62-50)63-76-61(6,7)59(70)75-60(3,4)5)19-14-40-10-12-42(13-11-40)33-64-28-26-41(27-29-64)30-51(67)45-20-25-53(73-34-43-15-21-47(71-8)22-16-43)54(31-45)74-35-44-17-23-48(72-9)24-18-44/h10-29,31,37,49,58H,30,32-36H2,1-9H3/q+1/b19-14?,63-55-/t49-,58-/m1/s1. The average molecular weight is 1090 g/mol. The number of methoxy groups -OCH3 is 2. The highest BCUT2D eigenvalue weighted by Gasteiger charge is 2.53. The lowest BCUT2D eigenvalue weighted by Gasteiger charge is -2.49. The Bertz CT molecular complexity index is 3270. The zero-order valence-electron chi connectivity index (χ0n) is 45.2. The fourth-order valence-corrected chi connectivity index (χ4v) is 10.5. The number of hydrogen-bond acceptors (Lipinski definition) is 15. The van der Waals surface area contributed by atoms with Crippen LogP contribution in [0.5, 0.6) is 23.0 Å². The van der Waals surface area contributed by atoms with Gasteiger partial charge in [-0.05, 0) is 112 Å². The summed E-state index contributed by atoms with van der Waals surface area (Å²) in [4.78, 5) is 79.1. The molecule has 404 valence electrons. The van der Waals surface area contributed by atoms with E-state index in [1.165, 1.54) is 48.8 Å². The number of carbonyl (C=O) groups is 5. The number of β-lactam (4-membered cyclic amide) rings is 1. The molecule has 0 spiro atoms. The Morgan fingerprint density at radius 1 is 0.782 bits per heavy atom. The van der Waals surface area contributed by atoms with Crippen LogP contribution in [0, 0.1) is 12.8 Å². The highest BCUT2D eigenvalue weighted by Crippen LogP contribution is 2.46. The highest BCUT2D eigenvalue weighted by molar-refractivity contribution is 8.00. The largest absolute Gasteiger partial charge is 0.497 e. The van der Waals surface area contributed by atoms with Gasteiger partial charge in [0.15, 0.2) is 53.5 Å². The lowest BCUT2D eigenvalue weighted by molar-refractivity contribution is -0.688. The maximum absolute atomic E-state index is 13.9. The number of fused-ring (bicyclic) bond motifs is 1. The van der Waals surface area contributed by atoms with E-state index < -0.39 is 34.2 Å². The van der Waals surface area contributed by atoms with Crippen LogP contribution in [0.2, 0.25) is 0 Å². The Kier molecular flexibility index (Phi) is 17.8. The molecule has 4 heterocycles. The first kappa shape index (κ1) is 56.3. The number of oxime groups is 1. The molecule has 0 aliphatic carbocycles. The minimum Gasteiger partial charge on any atom is -0.497 e. The van der Waals surface area contributed by atoms with Gasteiger partial charge in [-0.2, -0.15) is 0 Å². The SMILES string of the molecule is COc1ccc(COc2ccc(C(=O)Cc3cc[n+](Cc4ccc(C=CC5=C(C(C)=O)N6C(=O)[C@@H](CC(=O)/C(=N\OC(C)(C)C(=O)OC(C)(C)C)c7csc(C)n7)[C@H]6SC5)cc4)cc3)cc2OCc2ccc(OC)cc2)cc1. The minimum atomic E-state index is -1.52. The fraction of sp³-hybridized carbons (Fsp3) is 0.311. The molecule has 78 heavy (non-hydrogen) atoms. The Hall–Kier alpha value is -7.89. The van der Waals surface area contributed by atoms with E-state index in [0.29, 0.717) is 52.2 Å². The van der Waals surface area contributed by atoms with Gasteiger partial charge in [-0.25, -0.2) is 14.3 Å². The van der Waals surface area contributed by atoms with Crippen LogP contribution < -0.4 is 23.5 Å². The quantitative estimate of drug-likeness (QED) is 0.0148. The van der Waals surface area contributed by atoms with Gasteiger partial charge in [-0.1, -0.05) is 65.8 Å². The van der Waals surface area contributed by atoms with Gasteiger partial charge >= 0.3 is 5.97 Å². The number of Topliss-reactive ketones (excluding diaryl/α,β-unsaturated/α-hetero) is 3. The van der Waals surface area contributed by atoms with Gasteiger partial charge in [0.2, 0.25) is 11.5 Å². The van der Waals surface area contributed by atoms with E-state index in [4.69, 9.17) is 28.5 Å². The van der Waals surface area contributed by atoms with Gasteiger partial charge < -0.3 is 28.5 Å². The van der Waals surface area contributed by atoms with Gasteiger partial charge in [-0.15, -0.1) is 23.1 Å². The van der Waals surface area contributed by atoms with Crippen molar-refractivity contribution in [1.82, 2.24) is 9.88 Å². The fourth-order valence-electron chi connectivity index (χ4n) is 8.49. The highest BCUT2D eigenvalue weighted by atomic mass is 32.2. The number of thiazole rings is 1. The second-order valence-corrected chi connectivity index (χ2v) is 22.5. The van der Waals surface area contributed by atoms with Crippen molar-refractivity contribution in [2.45, 2.75) is 97.6 Å². The lowest BCUT2D eigenvalue weighted by atomic mass is 9.88. The smallest absolute Gasteiger partial charge is 0.353 e. The van der Waals surface area contributed by atoms with Crippen molar-refractivity contribution in [2.24, 2.45) is 11.1 Å². The molecule has 1 fully saturated rings. The Balaban J connectivity index is 0.873. The third-order valence-corrected chi connectivity index (χ3v) is 14.9. The number of pyridine rings is 1. The summed E-state index contributed by atoms with van der Waals surface area (Å²) < 4.78 is 30.6. The summed E-state index contributed by atoms with van der Waals surface area (Å²) in [5.74, 6) is 0.452. The number of amides is 1. The lowest BCUT2D eigenvalue weighted by Crippen LogP contribution is -2.61. The third-order valence-electron chi connectivity index (χ3n) is 12.7. The topological polar surface area (TPSA) is 173 Å². The van der Waals surface area contributed by atoms with Crippen molar-refractivity contribution < 1.29 is 57.1 Å². The summed E-state index contributed by atoms with van der Waals surface area (Å²) in [5, 5.41) is 6.09. The summed E-state index contributed by atoms with van der Waals surface area (Å²) in [6, 6.07) is 32.4. The molecule has 17 heteroatoms. The van der Waals surface area contributed by atoms with E-state index >= 15 is 0 Å². The van der Waals surface area contributed by atoms with Crippen LogP contribution >= 0.6 is 23.1 Å². The zero-order chi connectivity index (χ0) is 55.7. The number of carbonyl (C=O) groups excluding carboxylic acids is 5. The summed E-state index contributed by atoms with van der Waals surface area (Å²) >= 11 is 2.82. The molecule has 0 unspecified atom stereocenters. The van der Waals surface area contributed by atoms with E-state index in [1.807, 2.05) is 114 Å². The molecule has 0 radical (unpaired) electrons. The van der Waals surface area contributed by atoms with Crippen molar-refractivity contribution in [2.75, 3.05) is 20.0 Å². The van der Waals surface area contributed by atoms with Crippen molar-refractivity contribution in [3.05, 3.63) is 182 Å². The first-order valence-corrected chi connectivity index (χ1v) is 27.3. The maximum atomic E-state index is 13.9. The molecule has 1 amide bonds. The number of benzene rings is 4. The van der Waals surface area contributed by atoms with Crippen LogP contribution in [0.3, 0.4) is 0 Å². The number of thioether (sulfide) groups is 1. The molecule has 8 rings (SSSR count). The first-order chi connectivity index (χ1) is 37.3. The molecule has 4 aromatic carbocycles. The Morgan fingerprint density at radius 2 is 1.40 bits per heavy atom. The van der Waals surface area contributed by atoms with Gasteiger partial charge in [0.1, 0.15) is 36.0 Å². The summed E-state index contributed by atoms with van der Waals surface area (Å²) in [6.07, 6.45) is 7.71. The van der Waals surface area contributed by atoms with E-state index in [0.717, 1.165) is 39.3 Å². The predicted molar refractivity (Wildman–Crippen MR) is 299 cm³/mol. The second-order valence-electron chi connectivity index (χ2n) is 20.4. The first-order valence-electron chi connectivity index (χ1n) is 25.3. The van der Waals surface area contributed by atoms with Crippen molar-refractivity contribution >= 4 is 64.1 Å². The molecule has 0 saturated carbocycles. The molecule has 1 saturated heterocycles. The van der Waals surface area contributed by atoms with Crippen LogP contribution in [0.15, 0.2) is 143 Å².